The van der Waals surface area contributed by atoms with Crippen LogP contribution in [0.5, 0.6) is 0 Å². The monoisotopic (exact) mass is 221 g/mol. The number of hydrogen-bond acceptors (Lipinski definition) is 1. The summed E-state index contributed by atoms with van der Waals surface area (Å²) in [7, 11) is 0. The van der Waals surface area contributed by atoms with Gasteiger partial charge in [-0.05, 0) is 36.2 Å². The number of rotatable bonds is 2. The summed E-state index contributed by atoms with van der Waals surface area (Å²) in [6.45, 7) is 2.19. The summed E-state index contributed by atoms with van der Waals surface area (Å²) in [5.41, 5.74) is 3.43. The minimum Gasteiger partial charge on any atom is -0.265 e. The van der Waals surface area contributed by atoms with E-state index in [-0.39, 0.29) is 0 Å². The maximum atomic E-state index is 3.97. The van der Waals surface area contributed by atoms with E-state index in [4.69, 9.17) is 0 Å². The normalized spacial score (nSPS) is 9.47. The van der Waals surface area contributed by atoms with Crippen LogP contribution in [0.4, 0.5) is 0 Å². The fourth-order valence-electron chi connectivity index (χ4n) is 1.67. The first kappa shape index (κ1) is 11.4. The maximum absolute atomic E-state index is 3.97. The van der Waals surface area contributed by atoms with Crippen molar-refractivity contribution in [2.24, 2.45) is 0 Å². The van der Waals surface area contributed by atoms with Gasteiger partial charge in [-0.3, -0.25) is 4.98 Å². The van der Waals surface area contributed by atoms with Gasteiger partial charge in [-0.2, -0.15) is 0 Å². The van der Waals surface area contributed by atoms with Crippen LogP contribution in [0.1, 0.15) is 30.0 Å². The van der Waals surface area contributed by atoms with E-state index in [2.05, 4.69) is 41.9 Å². The van der Waals surface area contributed by atoms with Gasteiger partial charge in [-0.1, -0.05) is 37.3 Å². The topological polar surface area (TPSA) is 12.9 Å². The second kappa shape index (κ2) is 5.86. The van der Waals surface area contributed by atoms with Gasteiger partial charge in [0.15, 0.2) is 0 Å². The maximum Gasteiger partial charge on any atom is 0.0280 e. The zero-order valence-corrected chi connectivity index (χ0v) is 9.98. The lowest BCUT2D eigenvalue weighted by molar-refractivity contribution is 0.921. The van der Waals surface area contributed by atoms with Crippen molar-refractivity contribution in [3.63, 3.8) is 0 Å². The second-order valence-electron chi connectivity index (χ2n) is 3.94. The molecule has 0 saturated heterocycles. The highest BCUT2D eigenvalue weighted by molar-refractivity contribution is 5.43. The number of hydrogen-bond donors (Lipinski definition) is 0. The van der Waals surface area contributed by atoms with E-state index in [0.29, 0.717) is 0 Å². The number of aryl methyl sites for hydroxylation is 1. The Balaban J connectivity index is 2.19. The van der Waals surface area contributed by atoms with Crippen molar-refractivity contribution in [3.8, 4) is 11.8 Å². The average molecular weight is 221 g/mol. The highest BCUT2D eigenvalue weighted by Crippen LogP contribution is 2.06. The molecule has 0 unspecified atom stereocenters. The van der Waals surface area contributed by atoms with Crippen LogP contribution in [0.15, 0.2) is 48.8 Å². The minimum absolute atomic E-state index is 1.00. The summed E-state index contributed by atoms with van der Waals surface area (Å²) < 4.78 is 0. The van der Waals surface area contributed by atoms with E-state index in [1.165, 1.54) is 12.0 Å². The van der Waals surface area contributed by atoms with Crippen molar-refractivity contribution in [1.29, 1.82) is 0 Å². The van der Waals surface area contributed by atoms with Crippen LogP contribution in [0.25, 0.3) is 0 Å². The van der Waals surface area contributed by atoms with Crippen LogP contribution in [-0.2, 0) is 6.42 Å². The van der Waals surface area contributed by atoms with Gasteiger partial charge in [0.1, 0.15) is 0 Å². The first-order chi connectivity index (χ1) is 8.38. The summed E-state index contributed by atoms with van der Waals surface area (Å²) >= 11 is 0. The zero-order chi connectivity index (χ0) is 11.9. The van der Waals surface area contributed by atoms with Crippen LogP contribution in [0, 0.1) is 11.8 Å². The first-order valence-corrected chi connectivity index (χ1v) is 5.89. The lowest BCUT2D eigenvalue weighted by Gasteiger charge is -1.98. The average Bonchev–Trinajstić information content (AvgIpc) is 2.39. The van der Waals surface area contributed by atoms with E-state index >= 15 is 0 Å². The summed E-state index contributed by atoms with van der Waals surface area (Å²) in [4.78, 5) is 3.97. The number of nitrogens with zero attached hydrogens (tertiary/aromatic N) is 1. The predicted molar refractivity (Wildman–Crippen MR) is 70.7 cm³/mol. The molecule has 0 N–H and O–H groups in total. The standard InChI is InChI=1S/C16H15N/c1-2-4-15-5-3-6-16(13-15)8-7-14-9-11-17-12-10-14/h3,5-6,9-13H,2,4H2,1H3. The van der Waals surface area contributed by atoms with Crippen molar-refractivity contribution in [2.75, 3.05) is 0 Å². The SMILES string of the molecule is CCCc1cccc(C#Cc2ccncc2)c1. The molecule has 2 rings (SSSR count). The van der Waals surface area contributed by atoms with Crippen LogP contribution < -0.4 is 0 Å². The lowest BCUT2D eigenvalue weighted by atomic mass is 10.1. The van der Waals surface area contributed by atoms with Gasteiger partial charge in [0.05, 0.1) is 0 Å². The first-order valence-electron chi connectivity index (χ1n) is 5.89. The van der Waals surface area contributed by atoms with Crippen LogP contribution in [0.2, 0.25) is 0 Å². The third-order valence-electron chi connectivity index (χ3n) is 2.50. The summed E-state index contributed by atoms with van der Waals surface area (Å²) in [5, 5.41) is 0. The largest absolute Gasteiger partial charge is 0.265 e. The Bertz CT molecular complexity index is 532. The molecule has 0 aliphatic heterocycles. The molecule has 1 aromatic carbocycles. The van der Waals surface area contributed by atoms with Crippen LogP contribution in [0.3, 0.4) is 0 Å². The molecule has 2 aromatic rings. The molecule has 0 bridgehead atoms. The van der Waals surface area contributed by atoms with Crippen molar-refractivity contribution in [2.45, 2.75) is 19.8 Å². The highest BCUT2D eigenvalue weighted by Gasteiger charge is 1.92. The Labute approximate surface area is 103 Å². The van der Waals surface area contributed by atoms with Gasteiger partial charge in [-0.15, -0.1) is 0 Å². The Kier molecular flexibility index (Phi) is 3.94. The van der Waals surface area contributed by atoms with Crippen LogP contribution >= 0.6 is 0 Å². The molecule has 0 amide bonds. The summed E-state index contributed by atoms with van der Waals surface area (Å²) in [6, 6.07) is 12.3. The van der Waals surface area contributed by atoms with E-state index in [0.717, 1.165) is 17.5 Å². The van der Waals surface area contributed by atoms with Gasteiger partial charge in [-0.25, -0.2) is 0 Å². The smallest absolute Gasteiger partial charge is 0.0280 e. The molecule has 0 aliphatic carbocycles. The van der Waals surface area contributed by atoms with Gasteiger partial charge in [0.25, 0.3) is 0 Å². The molecule has 1 heterocycles. The quantitative estimate of drug-likeness (QED) is 0.708. The molecule has 0 fully saturated rings. The molecular formula is C16H15N. The van der Waals surface area contributed by atoms with Gasteiger partial charge in [0.2, 0.25) is 0 Å². The fourth-order valence-corrected chi connectivity index (χ4v) is 1.67. The van der Waals surface area contributed by atoms with Crippen molar-refractivity contribution >= 4 is 0 Å². The van der Waals surface area contributed by atoms with Gasteiger partial charge in [0, 0.05) is 23.5 Å². The molecule has 84 valence electrons. The molecule has 17 heavy (non-hydrogen) atoms. The lowest BCUT2D eigenvalue weighted by Crippen LogP contribution is -1.84. The Morgan fingerprint density at radius 3 is 2.53 bits per heavy atom. The molecule has 0 saturated carbocycles. The van der Waals surface area contributed by atoms with Gasteiger partial charge >= 0.3 is 0 Å². The fraction of sp³-hybridized carbons (Fsp3) is 0.188. The predicted octanol–water partition coefficient (Wildman–Crippen LogP) is 3.43. The molecule has 1 heteroatoms. The highest BCUT2D eigenvalue weighted by atomic mass is 14.6. The summed E-state index contributed by atoms with van der Waals surface area (Å²) in [5.74, 6) is 6.32. The van der Waals surface area contributed by atoms with E-state index < -0.39 is 0 Å². The van der Waals surface area contributed by atoms with Crippen molar-refractivity contribution in [1.82, 2.24) is 4.98 Å². The molecule has 0 atom stereocenters. The number of benzene rings is 1. The summed E-state index contributed by atoms with van der Waals surface area (Å²) in [6.07, 6.45) is 5.81. The van der Waals surface area contributed by atoms with Gasteiger partial charge < -0.3 is 0 Å². The Morgan fingerprint density at radius 2 is 1.76 bits per heavy atom. The number of pyridine rings is 1. The van der Waals surface area contributed by atoms with Crippen LogP contribution in [-0.4, -0.2) is 4.98 Å². The molecule has 0 radical (unpaired) electrons. The third kappa shape index (κ3) is 3.46. The zero-order valence-electron chi connectivity index (χ0n) is 9.98. The molecule has 0 aliphatic rings. The molecule has 0 spiro atoms. The Morgan fingerprint density at radius 1 is 1.00 bits per heavy atom. The van der Waals surface area contributed by atoms with E-state index in [9.17, 15) is 0 Å². The Hall–Kier alpha value is -2.07. The third-order valence-corrected chi connectivity index (χ3v) is 2.50. The molecule has 1 aromatic heterocycles. The second-order valence-corrected chi connectivity index (χ2v) is 3.94. The number of aromatic nitrogens is 1. The van der Waals surface area contributed by atoms with Crippen molar-refractivity contribution in [3.05, 3.63) is 65.5 Å². The van der Waals surface area contributed by atoms with E-state index in [1.54, 1.807) is 12.4 Å². The molecular weight excluding hydrogens is 206 g/mol. The van der Waals surface area contributed by atoms with Crippen molar-refractivity contribution < 1.29 is 0 Å². The molecule has 1 nitrogen and oxygen atoms in total. The van der Waals surface area contributed by atoms with E-state index in [1.807, 2.05) is 18.2 Å². The minimum atomic E-state index is 1.00.